The Morgan fingerprint density at radius 2 is 1.44 bits per heavy atom. The summed E-state index contributed by atoms with van der Waals surface area (Å²) >= 11 is 0. The summed E-state index contributed by atoms with van der Waals surface area (Å²) in [6.07, 6.45) is 6.98. The summed E-state index contributed by atoms with van der Waals surface area (Å²) in [5, 5.41) is 22.5. The smallest absolute Gasteiger partial charge is 0.0984 e. The van der Waals surface area contributed by atoms with Crippen LogP contribution in [0.3, 0.4) is 0 Å². The first-order valence-electron chi connectivity index (χ1n) is 7.66. The van der Waals surface area contributed by atoms with Crippen molar-refractivity contribution in [1.82, 2.24) is 0 Å². The van der Waals surface area contributed by atoms with Crippen LogP contribution in [0, 0.1) is 17.3 Å². The highest BCUT2D eigenvalue weighted by atomic mass is 16.4. The Labute approximate surface area is 112 Å². The van der Waals surface area contributed by atoms with Crippen molar-refractivity contribution in [2.45, 2.75) is 83.8 Å². The molecule has 0 aromatic heterocycles. The summed E-state index contributed by atoms with van der Waals surface area (Å²) in [5.74, 6) is 0.417. The molecule has 3 unspecified atom stereocenters. The van der Waals surface area contributed by atoms with E-state index in [-0.39, 0.29) is 17.3 Å². The van der Waals surface area contributed by atoms with E-state index in [1.165, 1.54) is 6.42 Å². The lowest BCUT2D eigenvalue weighted by Crippen LogP contribution is -2.65. The van der Waals surface area contributed by atoms with Gasteiger partial charge in [-0.25, -0.2) is 0 Å². The third-order valence-corrected chi connectivity index (χ3v) is 5.74. The predicted molar refractivity (Wildman–Crippen MR) is 74.3 cm³/mol. The second kappa shape index (κ2) is 4.49. The zero-order chi connectivity index (χ0) is 13.6. The Kier molecular flexibility index (Phi) is 3.57. The van der Waals surface area contributed by atoms with Crippen LogP contribution in [0.1, 0.15) is 72.6 Å². The van der Waals surface area contributed by atoms with Crippen LogP contribution in [0.15, 0.2) is 0 Å². The minimum atomic E-state index is -0.886. The van der Waals surface area contributed by atoms with Gasteiger partial charge in [0, 0.05) is 0 Å². The van der Waals surface area contributed by atoms with E-state index in [1.807, 2.05) is 0 Å². The Morgan fingerprint density at radius 3 is 1.94 bits per heavy atom. The Hall–Kier alpha value is -0.0800. The van der Waals surface area contributed by atoms with Crippen LogP contribution in [-0.4, -0.2) is 21.4 Å². The Morgan fingerprint density at radius 1 is 0.889 bits per heavy atom. The minimum Gasteiger partial charge on any atom is -0.387 e. The van der Waals surface area contributed by atoms with E-state index in [9.17, 15) is 10.2 Å². The van der Waals surface area contributed by atoms with Gasteiger partial charge < -0.3 is 10.2 Å². The summed E-state index contributed by atoms with van der Waals surface area (Å²) < 4.78 is 0. The second-order valence-corrected chi connectivity index (χ2v) is 7.78. The van der Waals surface area contributed by atoms with Crippen LogP contribution in [0.2, 0.25) is 0 Å². The highest BCUT2D eigenvalue weighted by Crippen LogP contribution is 2.53. The molecule has 18 heavy (non-hydrogen) atoms. The van der Waals surface area contributed by atoms with Crippen molar-refractivity contribution >= 4 is 0 Å². The molecule has 3 atom stereocenters. The van der Waals surface area contributed by atoms with E-state index < -0.39 is 11.2 Å². The van der Waals surface area contributed by atoms with Gasteiger partial charge in [0.25, 0.3) is 0 Å². The molecule has 2 heteroatoms. The van der Waals surface area contributed by atoms with Crippen LogP contribution < -0.4 is 0 Å². The van der Waals surface area contributed by atoms with E-state index in [0.717, 1.165) is 38.5 Å². The molecule has 0 aromatic rings. The molecule has 0 spiro atoms. The van der Waals surface area contributed by atoms with E-state index in [1.54, 1.807) is 0 Å². The van der Waals surface area contributed by atoms with Crippen LogP contribution in [0.5, 0.6) is 0 Å². The standard InChI is InChI=1S/C16H30O2/c1-12-7-5-8-13(2)16(12,18)15(17)10-6-9-14(3,4)11-15/h12-13,17-18H,5-11H2,1-4H3. The lowest BCUT2D eigenvalue weighted by molar-refractivity contribution is -0.239. The molecule has 2 rings (SSSR count). The lowest BCUT2D eigenvalue weighted by Gasteiger charge is -2.57. The molecular formula is C16H30O2. The number of hydrogen-bond acceptors (Lipinski definition) is 2. The van der Waals surface area contributed by atoms with Gasteiger partial charge in [-0.15, -0.1) is 0 Å². The maximum Gasteiger partial charge on any atom is 0.0984 e. The molecule has 2 N–H and O–H groups in total. The van der Waals surface area contributed by atoms with Gasteiger partial charge in [-0.2, -0.15) is 0 Å². The first-order chi connectivity index (χ1) is 8.21. The van der Waals surface area contributed by atoms with E-state index in [2.05, 4.69) is 27.7 Å². The van der Waals surface area contributed by atoms with Crippen molar-refractivity contribution in [3.05, 3.63) is 0 Å². The highest BCUT2D eigenvalue weighted by Gasteiger charge is 2.58. The van der Waals surface area contributed by atoms with Gasteiger partial charge in [-0.3, -0.25) is 0 Å². The maximum absolute atomic E-state index is 11.3. The van der Waals surface area contributed by atoms with Crippen molar-refractivity contribution in [3.8, 4) is 0 Å². The fraction of sp³-hybridized carbons (Fsp3) is 1.00. The van der Waals surface area contributed by atoms with Gasteiger partial charge in [-0.1, -0.05) is 34.1 Å². The summed E-state index contributed by atoms with van der Waals surface area (Å²) in [4.78, 5) is 0. The average Bonchev–Trinajstić information content (AvgIpc) is 2.23. The minimum absolute atomic E-state index is 0.152. The molecule has 106 valence electrons. The Balaban J connectivity index is 2.31. The zero-order valence-electron chi connectivity index (χ0n) is 12.5. The summed E-state index contributed by atoms with van der Waals surface area (Å²) in [5.41, 5.74) is -1.61. The largest absolute Gasteiger partial charge is 0.387 e. The number of aliphatic hydroxyl groups is 2. The molecule has 2 saturated carbocycles. The Bertz CT molecular complexity index is 300. The quantitative estimate of drug-likeness (QED) is 0.752. The van der Waals surface area contributed by atoms with Gasteiger partial charge in [0.2, 0.25) is 0 Å². The maximum atomic E-state index is 11.3. The highest BCUT2D eigenvalue weighted by molar-refractivity contribution is 5.10. The second-order valence-electron chi connectivity index (χ2n) is 7.78. The molecular weight excluding hydrogens is 224 g/mol. The van der Waals surface area contributed by atoms with Crippen molar-refractivity contribution < 1.29 is 10.2 Å². The van der Waals surface area contributed by atoms with Crippen LogP contribution in [0.25, 0.3) is 0 Å². The number of rotatable bonds is 1. The molecule has 0 bridgehead atoms. The van der Waals surface area contributed by atoms with E-state index >= 15 is 0 Å². The molecule has 0 aliphatic heterocycles. The van der Waals surface area contributed by atoms with Gasteiger partial charge >= 0.3 is 0 Å². The SMILES string of the molecule is CC1CCCC(C)C1(O)C1(O)CCCC(C)(C)C1. The first kappa shape index (κ1) is 14.3. The third-order valence-electron chi connectivity index (χ3n) is 5.74. The topological polar surface area (TPSA) is 40.5 Å². The molecule has 2 fully saturated rings. The van der Waals surface area contributed by atoms with E-state index in [0.29, 0.717) is 0 Å². The van der Waals surface area contributed by atoms with Crippen LogP contribution in [-0.2, 0) is 0 Å². The van der Waals surface area contributed by atoms with Crippen molar-refractivity contribution in [3.63, 3.8) is 0 Å². The van der Waals surface area contributed by atoms with Crippen LogP contribution >= 0.6 is 0 Å². The third kappa shape index (κ3) is 2.12. The van der Waals surface area contributed by atoms with Crippen molar-refractivity contribution in [1.29, 1.82) is 0 Å². The lowest BCUT2D eigenvalue weighted by atomic mass is 9.55. The molecule has 0 heterocycles. The molecule has 2 aliphatic carbocycles. The number of hydrogen-bond donors (Lipinski definition) is 2. The molecule has 0 saturated heterocycles. The molecule has 0 amide bonds. The normalized spacial score (nSPS) is 49.0. The first-order valence-corrected chi connectivity index (χ1v) is 7.66. The zero-order valence-corrected chi connectivity index (χ0v) is 12.5. The van der Waals surface area contributed by atoms with Gasteiger partial charge in [0.1, 0.15) is 0 Å². The molecule has 0 radical (unpaired) electrons. The fourth-order valence-electron chi connectivity index (χ4n) is 4.74. The van der Waals surface area contributed by atoms with Gasteiger partial charge in [0.05, 0.1) is 11.2 Å². The van der Waals surface area contributed by atoms with Gasteiger partial charge in [0.15, 0.2) is 0 Å². The van der Waals surface area contributed by atoms with Gasteiger partial charge in [-0.05, 0) is 55.8 Å². The molecule has 0 aromatic carbocycles. The monoisotopic (exact) mass is 254 g/mol. The van der Waals surface area contributed by atoms with Crippen molar-refractivity contribution in [2.24, 2.45) is 17.3 Å². The fourth-order valence-corrected chi connectivity index (χ4v) is 4.74. The molecule has 2 aliphatic rings. The van der Waals surface area contributed by atoms with Crippen molar-refractivity contribution in [2.75, 3.05) is 0 Å². The summed E-state index contributed by atoms with van der Waals surface area (Å²) in [6.45, 7) is 8.68. The summed E-state index contributed by atoms with van der Waals surface area (Å²) in [6, 6.07) is 0. The predicted octanol–water partition coefficient (Wildman–Crippen LogP) is 3.50. The van der Waals surface area contributed by atoms with Crippen LogP contribution in [0.4, 0.5) is 0 Å². The summed E-state index contributed by atoms with van der Waals surface area (Å²) in [7, 11) is 0. The average molecular weight is 254 g/mol. The molecule has 2 nitrogen and oxygen atoms in total. The van der Waals surface area contributed by atoms with E-state index in [4.69, 9.17) is 0 Å².